The van der Waals surface area contributed by atoms with Gasteiger partial charge in [-0.3, -0.25) is 0 Å². The summed E-state index contributed by atoms with van der Waals surface area (Å²) in [5.41, 5.74) is 5.67. The van der Waals surface area contributed by atoms with Crippen molar-refractivity contribution in [1.29, 1.82) is 0 Å². The number of aromatic carboxylic acids is 1. The van der Waals surface area contributed by atoms with Crippen LogP contribution in [0.1, 0.15) is 45.0 Å². The number of aromatic nitrogens is 1. The summed E-state index contributed by atoms with van der Waals surface area (Å²) in [6.07, 6.45) is 1.47. The Balaban J connectivity index is 1.71. The molecule has 176 valence electrons. The summed E-state index contributed by atoms with van der Waals surface area (Å²) in [6.45, 7) is 2.01. The number of pyridine rings is 1. The van der Waals surface area contributed by atoms with E-state index >= 15 is 0 Å². The Hall–Kier alpha value is -4.03. The van der Waals surface area contributed by atoms with Crippen LogP contribution < -0.4 is 0 Å². The average Bonchev–Trinajstić information content (AvgIpc) is 2.87. The third kappa shape index (κ3) is 5.39. The Morgan fingerprint density at radius 3 is 2.26 bits per heavy atom. The fourth-order valence-electron chi connectivity index (χ4n) is 4.13. The van der Waals surface area contributed by atoms with E-state index in [0.29, 0.717) is 0 Å². The first kappa shape index (κ1) is 24.1. The summed E-state index contributed by atoms with van der Waals surface area (Å²) in [5, 5.41) is 22.6. The van der Waals surface area contributed by atoms with Gasteiger partial charge in [0.2, 0.25) is 5.95 Å². The van der Waals surface area contributed by atoms with Crippen molar-refractivity contribution in [2.75, 3.05) is 0 Å². The van der Waals surface area contributed by atoms with Crippen LogP contribution in [0.5, 0.6) is 0 Å². The van der Waals surface area contributed by atoms with Gasteiger partial charge in [0.25, 0.3) is 0 Å². The van der Waals surface area contributed by atoms with Crippen molar-refractivity contribution in [3.63, 3.8) is 0 Å². The van der Waals surface area contributed by atoms with Gasteiger partial charge in [-0.15, -0.1) is 0 Å². The van der Waals surface area contributed by atoms with Crippen molar-refractivity contribution in [3.8, 4) is 11.1 Å². The minimum atomic E-state index is -0.969. The molecule has 0 bridgehead atoms. The van der Waals surface area contributed by atoms with E-state index in [1.807, 2.05) is 55.5 Å². The maximum absolute atomic E-state index is 13.8. The molecule has 4 rings (SSSR count). The highest BCUT2D eigenvalue weighted by molar-refractivity contribution is 6.34. The zero-order valence-electron chi connectivity index (χ0n) is 18.8. The molecule has 4 aromatic rings. The summed E-state index contributed by atoms with van der Waals surface area (Å²) in [5.74, 6) is -1.88. The minimum Gasteiger partial charge on any atom is -0.478 e. The molecule has 0 unspecified atom stereocenters. The standard InChI is InChI=1S/C28H22ClFN2O3/c1-17-4-2-3-5-22(17)23(14-26(32-35)24-15-27(30)31-16-25(24)29)20-10-6-18(7-11-20)19-8-12-21(13-9-19)28(33)34/h2-13,15-16,23,35H,14H2,1H3,(H,33,34)/b32-26+/t23-/m1/s1. The number of nitrogens with zero attached hydrogens (tertiary/aromatic N) is 2. The van der Waals surface area contributed by atoms with Crippen LogP contribution in [0.25, 0.3) is 11.1 Å². The molecule has 0 aliphatic heterocycles. The highest BCUT2D eigenvalue weighted by Crippen LogP contribution is 2.34. The monoisotopic (exact) mass is 488 g/mol. The number of hydrogen-bond donors (Lipinski definition) is 2. The van der Waals surface area contributed by atoms with Crippen LogP contribution in [-0.4, -0.2) is 27.0 Å². The van der Waals surface area contributed by atoms with Crippen LogP contribution in [0, 0.1) is 12.9 Å². The fourth-order valence-corrected chi connectivity index (χ4v) is 4.34. The lowest BCUT2D eigenvalue weighted by atomic mass is 9.83. The van der Waals surface area contributed by atoms with Gasteiger partial charge in [-0.05, 0) is 46.9 Å². The van der Waals surface area contributed by atoms with Crippen LogP contribution in [-0.2, 0) is 0 Å². The maximum atomic E-state index is 13.8. The van der Waals surface area contributed by atoms with E-state index in [4.69, 9.17) is 16.7 Å². The average molecular weight is 489 g/mol. The van der Waals surface area contributed by atoms with Gasteiger partial charge in [0.15, 0.2) is 0 Å². The topological polar surface area (TPSA) is 82.8 Å². The number of carbonyl (C=O) groups is 1. The van der Waals surface area contributed by atoms with E-state index in [9.17, 15) is 14.4 Å². The Morgan fingerprint density at radius 1 is 1.03 bits per heavy atom. The van der Waals surface area contributed by atoms with Gasteiger partial charge in [-0.2, -0.15) is 4.39 Å². The van der Waals surface area contributed by atoms with Gasteiger partial charge in [-0.1, -0.05) is 77.4 Å². The maximum Gasteiger partial charge on any atom is 0.335 e. The molecule has 1 heterocycles. The molecule has 35 heavy (non-hydrogen) atoms. The molecule has 0 saturated heterocycles. The third-order valence-corrected chi connectivity index (χ3v) is 6.29. The van der Waals surface area contributed by atoms with E-state index < -0.39 is 11.9 Å². The third-order valence-electron chi connectivity index (χ3n) is 5.99. The van der Waals surface area contributed by atoms with Gasteiger partial charge in [0.05, 0.1) is 16.3 Å². The van der Waals surface area contributed by atoms with Crippen molar-refractivity contribution in [1.82, 2.24) is 4.98 Å². The summed E-state index contributed by atoms with van der Waals surface area (Å²) >= 11 is 6.24. The number of benzene rings is 3. The Bertz CT molecular complexity index is 1390. The highest BCUT2D eigenvalue weighted by atomic mass is 35.5. The highest BCUT2D eigenvalue weighted by Gasteiger charge is 2.22. The normalized spacial score (nSPS) is 12.4. The van der Waals surface area contributed by atoms with Crippen LogP contribution in [0.2, 0.25) is 5.02 Å². The Kier molecular flexibility index (Phi) is 7.22. The number of oxime groups is 1. The molecular formula is C28H22ClFN2O3. The number of rotatable bonds is 7. The lowest BCUT2D eigenvalue weighted by molar-refractivity contribution is 0.0697. The molecule has 1 aromatic heterocycles. The van der Waals surface area contributed by atoms with Crippen LogP contribution in [0.4, 0.5) is 4.39 Å². The molecule has 2 N–H and O–H groups in total. The smallest absolute Gasteiger partial charge is 0.335 e. The second-order valence-electron chi connectivity index (χ2n) is 8.15. The van der Waals surface area contributed by atoms with E-state index in [2.05, 4.69) is 10.1 Å². The molecule has 7 heteroatoms. The predicted octanol–water partition coefficient (Wildman–Crippen LogP) is 6.95. The van der Waals surface area contributed by atoms with Crippen molar-refractivity contribution < 1.29 is 19.5 Å². The molecular weight excluding hydrogens is 467 g/mol. The first-order valence-electron chi connectivity index (χ1n) is 10.9. The van der Waals surface area contributed by atoms with E-state index in [0.717, 1.165) is 33.9 Å². The zero-order chi connectivity index (χ0) is 24.9. The molecule has 0 aliphatic rings. The van der Waals surface area contributed by atoms with Crippen LogP contribution >= 0.6 is 11.6 Å². The predicted molar refractivity (Wildman–Crippen MR) is 134 cm³/mol. The van der Waals surface area contributed by atoms with E-state index in [1.165, 1.54) is 6.20 Å². The molecule has 1 atom stereocenters. The molecule has 0 amide bonds. The first-order valence-corrected chi connectivity index (χ1v) is 11.3. The lowest BCUT2D eigenvalue weighted by Gasteiger charge is -2.21. The number of carboxylic acids is 1. The van der Waals surface area contributed by atoms with Crippen molar-refractivity contribution in [2.45, 2.75) is 19.3 Å². The van der Waals surface area contributed by atoms with Gasteiger partial charge in [-0.25, -0.2) is 9.78 Å². The molecule has 0 saturated carbocycles. The largest absolute Gasteiger partial charge is 0.478 e. The fraction of sp³-hybridized carbons (Fsp3) is 0.107. The molecule has 0 spiro atoms. The molecule has 3 aromatic carbocycles. The second-order valence-corrected chi connectivity index (χ2v) is 8.56. The Labute approximate surface area is 207 Å². The van der Waals surface area contributed by atoms with Gasteiger partial charge >= 0.3 is 5.97 Å². The van der Waals surface area contributed by atoms with Crippen molar-refractivity contribution in [2.24, 2.45) is 5.16 Å². The van der Waals surface area contributed by atoms with Crippen LogP contribution in [0.15, 0.2) is 90.2 Å². The second kappa shape index (κ2) is 10.5. The first-order chi connectivity index (χ1) is 16.9. The summed E-state index contributed by atoms with van der Waals surface area (Å²) in [4.78, 5) is 14.7. The number of hydrogen-bond acceptors (Lipinski definition) is 4. The number of carboxylic acid groups (broad SMARTS) is 1. The van der Waals surface area contributed by atoms with Gasteiger partial charge < -0.3 is 10.3 Å². The van der Waals surface area contributed by atoms with Crippen LogP contribution in [0.3, 0.4) is 0 Å². The number of aryl methyl sites for hydroxylation is 1. The molecule has 0 fully saturated rings. The van der Waals surface area contributed by atoms with Crippen molar-refractivity contribution in [3.05, 3.63) is 124 Å². The Morgan fingerprint density at radius 2 is 1.66 bits per heavy atom. The van der Waals surface area contributed by atoms with Crippen molar-refractivity contribution >= 4 is 23.3 Å². The molecule has 0 aliphatic carbocycles. The van der Waals surface area contributed by atoms with Gasteiger partial charge in [0, 0.05) is 30.2 Å². The van der Waals surface area contributed by atoms with Gasteiger partial charge in [0.1, 0.15) is 0 Å². The SMILES string of the molecule is Cc1ccccc1[C@H](C/C(=N\O)c1cc(F)ncc1Cl)c1ccc(-c2ccc(C(=O)O)cc2)cc1. The summed E-state index contributed by atoms with van der Waals surface area (Å²) in [7, 11) is 0. The molecule has 0 radical (unpaired) electrons. The summed E-state index contributed by atoms with van der Waals surface area (Å²) < 4.78 is 13.8. The van der Waals surface area contributed by atoms with E-state index in [1.54, 1.807) is 24.3 Å². The zero-order valence-corrected chi connectivity index (χ0v) is 19.6. The van der Waals surface area contributed by atoms with E-state index in [-0.39, 0.29) is 34.2 Å². The quantitative estimate of drug-likeness (QED) is 0.128. The summed E-state index contributed by atoms with van der Waals surface area (Å²) in [6, 6.07) is 23.7. The minimum absolute atomic E-state index is 0.196. The lowest BCUT2D eigenvalue weighted by Crippen LogP contribution is -2.12. The number of halogens is 2. The molecule has 5 nitrogen and oxygen atoms in total.